The first-order valence-corrected chi connectivity index (χ1v) is 12.0. The molecule has 0 unspecified atom stereocenters. The van der Waals surface area contributed by atoms with Crippen molar-refractivity contribution in [1.29, 1.82) is 0 Å². The van der Waals surface area contributed by atoms with Crippen LogP contribution in [0.1, 0.15) is 51.2 Å². The van der Waals surface area contributed by atoms with E-state index in [-0.39, 0.29) is 18.0 Å². The Bertz CT molecular complexity index is 994. The summed E-state index contributed by atoms with van der Waals surface area (Å²) >= 11 is 12.3. The molecular formula is C25H30Cl2N2O4. The van der Waals surface area contributed by atoms with E-state index in [9.17, 15) is 4.79 Å². The third kappa shape index (κ3) is 5.73. The van der Waals surface area contributed by atoms with Gasteiger partial charge in [0.2, 0.25) is 0 Å². The number of halogens is 2. The fourth-order valence-electron chi connectivity index (χ4n) is 4.43. The van der Waals surface area contributed by atoms with Gasteiger partial charge in [0, 0.05) is 35.3 Å². The summed E-state index contributed by atoms with van der Waals surface area (Å²) in [6, 6.07) is 7.72. The topological polar surface area (TPSA) is 60.9 Å². The van der Waals surface area contributed by atoms with E-state index in [0.29, 0.717) is 34.5 Å². The molecule has 1 aromatic carbocycles. The Kier molecular flexibility index (Phi) is 7.08. The van der Waals surface area contributed by atoms with Gasteiger partial charge in [0.1, 0.15) is 28.9 Å². The van der Waals surface area contributed by atoms with Gasteiger partial charge in [0.25, 0.3) is 0 Å². The highest BCUT2D eigenvalue weighted by Gasteiger charge is 2.43. The number of nitrogens with zero attached hydrogens (tertiary/aromatic N) is 2. The van der Waals surface area contributed by atoms with Crippen LogP contribution in [0, 0.1) is 0 Å². The van der Waals surface area contributed by atoms with Crippen LogP contribution < -0.4 is 9.47 Å². The number of aromatic nitrogens is 1. The minimum Gasteiger partial charge on any atom is -0.492 e. The summed E-state index contributed by atoms with van der Waals surface area (Å²) in [7, 11) is 0. The van der Waals surface area contributed by atoms with Crippen LogP contribution in [0.5, 0.6) is 11.5 Å². The second-order valence-corrected chi connectivity index (χ2v) is 10.5. The maximum Gasteiger partial charge on any atom is 0.307 e. The molecule has 0 radical (unpaired) electrons. The van der Waals surface area contributed by atoms with Gasteiger partial charge >= 0.3 is 5.97 Å². The summed E-state index contributed by atoms with van der Waals surface area (Å²) in [6.45, 7) is 9.19. The molecule has 4 rings (SSSR count). The second-order valence-electron chi connectivity index (χ2n) is 9.76. The lowest BCUT2D eigenvalue weighted by atomic mass is 9.74. The van der Waals surface area contributed by atoms with Gasteiger partial charge in [-0.15, -0.1) is 0 Å². The highest BCUT2D eigenvalue weighted by atomic mass is 35.5. The smallest absolute Gasteiger partial charge is 0.307 e. The summed E-state index contributed by atoms with van der Waals surface area (Å²) in [5.74, 6) is 1.44. The number of hydrogen-bond donors (Lipinski definition) is 0. The molecule has 178 valence electrons. The number of fused-ring (bicyclic) bond motifs is 2. The first-order chi connectivity index (χ1) is 15.7. The lowest BCUT2D eigenvalue weighted by Crippen LogP contribution is -2.44. The minimum absolute atomic E-state index is 0.0201. The van der Waals surface area contributed by atoms with Gasteiger partial charge in [0.05, 0.1) is 18.1 Å². The molecule has 33 heavy (non-hydrogen) atoms. The van der Waals surface area contributed by atoms with Crippen molar-refractivity contribution in [3.8, 4) is 11.5 Å². The maximum atomic E-state index is 12.0. The van der Waals surface area contributed by atoms with Crippen molar-refractivity contribution in [1.82, 2.24) is 9.88 Å². The van der Waals surface area contributed by atoms with E-state index in [1.807, 2.05) is 32.9 Å². The van der Waals surface area contributed by atoms with Gasteiger partial charge in [-0.25, -0.2) is 4.98 Å². The van der Waals surface area contributed by atoms with Gasteiger partial charge in [-0.05, 0) is 58.8 Å². The molecule has 2 aromatic rings. The number of carbonyl (C=O) groups is 1. The number of rotatable bonds is 6. The Morgan fingerprint density at radius 1 is 1.21 bits per heavy atom. The van der Waals surface area contributed by atoms with E-state index in [2.05, 4.69) is 16.0 Å². The number of benzene rings is 1. The van der Waals surface area contributed by atoms with Crippen LogP contribution in [0.3, 0.4) is 0 Å². The van der Waals surface area contributed by atoms with Crippen molar-refractivity contribution in [3.05, 3.63) is 51.8 Å². The van der Waals surface area contributed by atoms with Gasteiger partial charge in [-0.1, -0.05) is 29.3 Å². The van der Waals surface area contributed by atoms with E-state index in [1.165, 1.54) is 5.56 Å². The largest absolute Gasteiger partial charge is 0.492 e. The molecule has 0 N–H and O–H groups in total. The molecule has 2 aliphatic rings. The number of likely N-dealkylation sites (tertiary alicyclic amines) is 1. The predicted molar refractivity (Wildman–Crippen MR) is 128 cm³/mol. The lowest BCUT2D eigenvalue weighted by Gasteiger charge is -2.38. The summed E-state index contributed by atoms with van der Waals surface area (Å²) in [4.78, 5) is 18.4. The number of carbonyl (C=O) groups excluding carboxylic acids is 1. The fourth-order valence-corrected chi connectivity index (χ4v) is 4.89. The molecule has 2 aliphatic heterocycles. The fraction of sp³-hybridized carbons (Fsp3) is 0.520. The van der Waals surface area contributed by atoms with E-state index in [4.69, 9.17) is 37.4 Å². The molecule has 0 atom stereocenters. The Morgan fingerprint density at radius 3 is 2.67 bits per heavy atom. The normalized spacial score (nSPS) is 17.5. The first-order valence-electron chi connectivity index (χ1n) is 11.3. The van der Waals surface area contributed by atoms with Crippen LogP contribution in [-0.4, -0.2) is 47.7 Å². The van der Waals surface area contributed by atoms with Crippen LogP contribution in [0.15, 0.2) is 30.5 Å². The van der Waals surface area contributed by atoms with Crippen molar-refractivity contribution in [2.75, 3.05) is 26.2 Å². The predicted octanol–water partition coefficient (Wildman–Crippen LogP) is 5.43. The first kappa shape index (κ1) is 24.1. The summed E-state index contributed by atoms with van der Waals surface area (Å²) in [5, 5.41) is 0.877. The lowest BCUT2D eigenvalue weighted by molar-refractivity contribution is -0.155. The molecule has 8 heteroatoms. The van der Waals surface area contributed by atoms with Crippen LogP contribution >= 0.6 is 23.2 Å². The van der Waals surface area contributed by atoms with Gasteiger partial charge in [-0.2, -0.15) is 0 Å². The molecule has 1 fully saturated rings. The molecule has 1 spiro atoms. The van der Waals surface area contributed by atoms with Crippen molar-refractivity contribution < 1.29 is 19.0 Å². The van der Waals surface area contributed by atoms with E-state index in [1.54, 1.807) is 12.3 Å². The minimum atomic E-state index is -0.437. The third-order valence-corrected chi connectivity index (χ3v) is 6.90. The zero-order chi connectivity index (χ0) is 23.6. The monoisotopic (exact) mass is 492 g/mol. The van der Waals surface area contributed by atoms with Gasteiger partial charge in [-0.3, -0.25) is 4.79 Å². The Morgan fingerprint density at radius 2 is 1.97 bits per heavy atom. The van der Waals surface area contributed by atoms with Gasteiger partial charge < -0.3 is 19.1 Å². The molecule has 3 heterocycles. The molecule has 1 aromatic heterocycles. The molecule has 0 bridgehead atoms. The highest BCUT2D eigenvalue weighted by molar-refractivity contribution is 6.35. The van der Waals surface area contributed by atoms with Crippen molar-refractivity contribution >= 4 is 29.2 Å². The molecule has 6 nitrogen and oxygen atoms in total. The molecule has 0 amide bonds. The summed E-state index contributed by atoms with van der Waals surface area (Å²) < 4.78 is 17.4. The maximum absolute atomic E-state index is 12.0. The Labute approximate surface area is 205 Å². The third-order valence-electron chi connectivity index (χ3n) is 6.22. The van der Waals surface area contributed by atoms with Crippen LogP contribution in [0.2, 0.25) is 10.2 Å². The quantitative estimate of drug-likeness (QED) is 0.396. The van der Waals surface area contributed by atoms with Crippen LogP contribution in [0.25, 0.3) is 0 Å². The van der Waals surface area contributed by atoms with Crippen molar-refractivity contribution in [2.24, 2.45) is 0 Å². The van der Waals surface area contributed by atoms with Crippen molar-refractivity contribution in [2.45, 2.75) is 57.7 Å². The summed E-state index contributed by atoms with van der Waals surface area (Å²) in [6.07, 6.45) is 3.98. The van der Waals surface area contributed by atoms with Gasteiger partial charge in [0.15, 0.2) is 0 Å². The van der Waals surface area contributed by atoms with Crippen LogP contribution in [-0.2, 0) is 21.6 Å². The average Bonchev–Trinajstić information content (AvgIpc) is 3.09. The number of pyridine rings is 1. The zero-order valence-corrected chi connectivity index (χ0v) is 20.8. The Hall–Kier alpha value is -2.02. The zero-order valence-electron chi connectivity index (χ0n) is 19.3. The molecule has 0 aliphatic carbocycles. The molecule has 0 saturated carbocycles. The Balaban J connectivity index is 1.33. The van der Waals surface area contributed by atoms with Crippen molar-refractivity contribution in [3.63, 3.8) is 0 Å². The van der Waals surface area contributed by atoms with E-state index < -0.39 is 5.60 Å². The standard InChI is InChI=1S/C25H30Cl2N2O4/c1-24(2,3)33-22(30)7-11-29-12-8-25(9-13-29)16-32-21-14-17(4-5-19(21)25)31-15-18-20(26)6-10-28-23(18)27/h4-6,10,14H,7-9,11-13,15-16H2,1-3H3. The SMILES string of the molecule is CC(C)(C)OC(=O)CCN1CCC2(CC1)COc1cc(OCc3c(Cl)ccnc3Cl)ccc12. The molecular weight excluding hydrogens is 463 g/mol. The number of hydrogen-bond acceptors (Lipinski definition) is 6. The van der Waals surface area contributed by atoms with E-state index in [0.717, 1.165) is 38.2 Å². The number of ether oxygens (including phenoxy) is 3. The van der Waals surface area contributed by atoms with Crippen LogP contribution in [0.4, 0.5) is 0 Å². The van der Waals surface area contributed by atoms with E-state index >= 15 is 0 Å². The molecule has 1 saturated heterocycles. The highest BCUT2D eigenvalue weighted by Crippen LogP contribution is 2.46. The number of esters is 1. The average molecular weight is 493 g/mol. The number of piperidine rings is 1. The second kappa shape index (κ2) is 9.69. The summed E-state index contributed by atoms with van der Waals surface area (Å²) in [5.41, 5.74) is 1.48.